The van der Waals surface area contributed by atoms with Crippen molar-refractivity contribution in [3.63, 3.8) is 0 Å². The molecule has 4 rings (SSSR count). The number of nitrogens with one attached hydrogen (secondary N) is 3. The number of aliphatic hydroxyl groups is 1. The molecule has 1 aromatic heterocycles. The minimum absolute atomic E-state index is 0.254. The van der Waals surface area contributed by atoms with E-state index in [1.54, 1.807) is 24.3 Å². The van der Waals surface area contributed by atoms with Crippen molar-refractivity contribution in [3.05, 3.63) is 80.5 Å². The molecule has 2 heterocycles. The highest BCUT2D eigenvalue weighted by Crippen LogP contribution is 2.31. The molecule has 0 bridgehead atoms. The van der Waals surface area contributed by atoms with Crippen molar-refractivity contribution in [2.24, 2.45) is 0 Å². The number of hydrogen-bond donors (Lipinski definition) is 4. The summed E-state index contributed by atoms with van der Waals surface area (Å²) < 4.78 is 10.9. The first-order valence-electron chi connectivity index (χ1n) is 9.51. The Bertz CT molecular complexity index is 1070. The van der Waals surface area contributed by atoms with Gasteiger partial charge in [0.05, 0.1) is 34.5 Å². The molecule has 2 aromatic carbocycles. The zero-order valence-corrected chi connectivity index (χ0v) is 17.4. The van der Waals surface area contributed by atoms with Gasteiger partial charge < -0.3 is 19.6 Å². The molecular weight excluding hydrogens is 429 g/mol. The van der Waals surface area contributed by atoms with Crippen molar-refractivity contribution in [1.29, 1.82) is 0 Å². The van der Waals surface area contributed by atoms with Crippen LogP contribution in [0.15, 0.2) is 57.9 Å². The number of aliphatic hydroxyl groups excluding tert-OH is 1. The van der Waals surface area contributed by atoms with E-state index in [0.717, 1.165) is 5.56 Å². The summed E-state index contributed by atoms with van der Waals surface area (Å²) in [6.07, 6.45) is -0.0217. The fourth-order valence-corrected chi connectivity index (χ4v) is 3.89. The SMILES string of the molecule is O=c1[nH]c(-c2ccccc2C(O)N[C@@H]2CNCCO[C@H]2c2ccc(Cl)c(Cl)c2)co1. The number of rotatable bonds is 5. The lowest BCUT2D eigenvalue weighted by Crippen LogP contribution is -2.43. The van der Waals surface area contributed by atoms with E-state index >= 15 is 0 Å². The van der Waals surface area contributed by atoms with Crippen molar-refractivity contribution in [3.8, 4) is 11.3 Å². The summed E-state index contributed by atoms with van der Waals surface area (Å²) >= 11 is 12.3. The Morgan fingerprint density at radius 3 is 2.77 bits per heavy atom. The molecular formula is C21H21Cl2N3O4. The van der Waals surface area contributed by atoms with Crippen molar-refractivity contribution in [2.45, 2.75) is 18.4 Å². The lowest BCUT2D eigenvalue weighted by Gasteiger charge is -2.29. The second-order valence-electron chi connectivity index (χ2n) is 6.99. The van der Waals surface area contributed by atoms with Gasteiger partial charge in [0.15, 0.2) is 0 Å². The molecule has 3 atom stereocenters. The predicted octanol–water partition coefficient (Wildman–Crippen LogP) is 3.25. The number of H-pyrrole nitrogens is 1. The third kappa shape index (κ3) is 4.62. The first kappa shape index (κ1) is 21.1. The summed E-state index contributed by atoms with van der Waals surface area (Å²) in [7, 11) is 0. The van der Waals surface area contributed by atoms with Crippen LogP contribution in [0.1, 0.15) is 23.5 Å². The van der Waals surface area contributed by atoms with Gasteiger partial charge in [-0.05, 0) is 17.7 Å². The van der Waals surface area contributed by atoms with Gasteiger partial charge in [0, 0.05) is 24.2 Å². The minimum atomic E-state index is -1.02. The zero-order chi connectivity index (χ0) is 21.1. The molecule has 158 valence electrons. The third-order valence-electron chi connectivity index (χ3n) is 5.02. The van der Waals surface area contributed by atoms with E-state index in [1.807, 2.05) is 18.2 Å². The van der Waals surface area contributed by atoms with E-state index < -0.39 is 12.0 Å². The van der Waals surface area contributed by atoms with Gasteiger partial charge in [-0.2, -0.15) is 0 Å². The van der Waals surface area contributed by atoms with Crippen molar-refractivity contribution in [1.82, 2.24) is 15.6 Å². The standard InChI is InChI=1S/C21H21Cl2N3O4/c22-15-6-5-12(9-16(15)23)19-17(10-24-7-8-29-19)25-20(27)14-4-2-1-3-13(14)18-11-30-21(28)26-18/h1-6,9,11,17,19-20,24-25,27H,7-8,10H2,(H,26,28)/t17-,19+,20?/m1/s1. The highest BCUT2D eigenvalue weighted by Gasteiger charge is 2.29. The molecule has 4 N–H and O–H groups in total. The van der Waals surface area contributed by atoms with Gasteiger partial charge in [0.25, 0.3) is 0 Å². The highest BCUT2D eigenvalue weighted by atomic mass is 35.5. The second kappa shape index (κ2) is 9.34. The summed E-state index contributed by atoms with van der Waals surface area (Å²) in [6.45, 7) is 1.79. The van der Waals surface area contributed by atoms with Gasteiger partial charge in [0.2, 0.25) is 0 Å². The number of oxazole rings is 1. The highest BCUT2D eigenvalue weighted by molar-refractivity contribution is 6.42. The first-order chi connectivity index (χ1) is 14.5. The molecule has 1 unspecified atom stereocenters. The van der Waals surface area contributed by atoms with E-state index in [4.69, 9.17) is 32.4 Å². The number of aromatic nitrogens is 1. The molecule has 1 aliphatic heterocycles. The maximum Gasteiger partial charge on any atom is 0.416 e. The molecule has 0 radical (unpaired) electrons. The normalized spacial score (nSPS) is 20.6. The Hall–Kier alpha value is -2.13. The van der Waals surface area contributed by atoms with E-state index in [0.29, 0.717) is 46.6 Å². The topological polar surface area (TPSA) is 99.5 Å². The van der Waals surface area contributed by atoms with Gasteiger partial charge in [-0.25, -0.2) is 4.79 Å². The largest absolute Gasteiger partial charge is 0.416 e. The fraction of sp³-hybridized carbons (Fsp3) is 0.286. The lowest BCUT2D eigenvalue weighted by atomic mass is 9.99. The molecule has 1 aliphatic rings. The monoisotopic (exact) mass is 449 g/mol. The van der Waals surface area contributed by atoms with Crippen LogP contribution in [0.2, 0.25) is 10.0 Å². The summed E-state index contributed by atoms with van der Waals surface area (Å²) in [5.74, 6) is -0.552. The zero-order valence-electron chi connectivity index (χ0n) is 15.9. The Kier molecular flexibility index (Phi) is 6.58. The first-order valence-corrected chi connectivity index (χ1v) is 10.3. The molecule has 0 amide bonds. The van der Waals surface area contributed by atoms with E-state index in [1.165, 1.54) is 6.26 Å². The Balaban J connectivity index is 1.61. The van der Waals surface area contributed by atoms with Crippen LogP contribution in [0.3, 0.4) is 0 Å². The third-order valence-corrected chi connectivity index (χ3v) is 5.76. The lowest BCUT2D eigenvalue weighted by molar-refractivity contribution is 0.0207. The van der Waals surface area contributed by atoms with Crippen LogP contribution in [-0.4, -0.2) is 35.8 Å². The molecule has 1 fully saturated rings. The van der Waals surface area contributed by atoms with Crippen LogP contribution >= 0.6 is 23.2 Å². The van der Waals surface area contributed by atoms with Crippen LogP contribution in [0.5, 0.6) is 0 Å². The van der Waals surface area contributed by atoms with E-state index in [2.05, 4.69) is 15.6 Å². The average Bonchev–Trinajstić information content (AvgIpc) is 3.05. The number of halogens is 2. The van der Waals surface area contributed by atoms with Gasteiger partial charge in [0.1, 0.15) is 12.5 Å². The van der Waals surface area contributed by atoms with E-state index in [9.17, 15) is 9.90 Å². The molecule has 9 heteroatoms. The molecule has 0 aliphatic carbocycles. The van der Waals surface area contributed by atoms with Crippen LogP contribution < -0.4 is 16.4 Å². The van der Waals surface area contributed by atoms with Gasteiger partial charge in [-0.1, -0.05) is 53.5 Å². The van der Waals surface area contributed by atoms with Crippen molar-refractivity contribution >= 4 is 23.2 Å². The van der Waals surface area contributed by atoms with Gasteiger partial charge in [-0.15, -0.1) is 0 Å². The Morgan fingerprint density at radius 1 is 1.17 bits per heavy atom. The van der Waals surface area contributed by atoms with Crippen molar-refractivity contribution < 1.29 is 14.3 Å². The Morgan fingerprint density at radius 2 is 2.00 bits per heavy atom. The van der Waals surface area contributed by atoms with Gasteiger partial charge >= 0.3 is 5.76 Å². The van der Waals surface area contributed by atoms with Crippen LogP contribution in [-0.2, 0) is 4.74 Å². The summed E-state index contributed by atoms with van der Waals surface area (Å²) in [5.41, 5.74) is 2.63. The average molecular weight is 450 g/mol. The number of aromatic amines is 1. The predicted molar refractivity (Wildman–Crippen MR) is 115 cm³/mol. The van der Waals surface area contributed by atoms with Crippen LogP contribution in [0.25, 0.3) is 11.3 Å². The molecule has 7 nitrogen and oxygen atoms in total. The number of hydrogen-bond acceptors (Lipinski definition) is 6. The second-order valence-corrected chi connectivity index (χ2v) is 7.81. The molecule has 0 saturated carbocycles. The maximum absolute atomic E-state index is 11.4. The number of benzene rings is 2. The van der Waals surface area contributed by atoms with Crippen LogP contribution in [0.4, 0.5) is 0 Å². The molecule has 1 saturated heterocycles. The summed E-state index contributed by atoms with van der Waals surface area (Å²) in [5, 5.41) is 18.5. The maximum atomic E-state index is 11.4. The fourth-order valence-electron chi connectivity index (χ4n) is 3.59. The van der Waals surface area contributed by atoms with Crippen molar-refractivity contribution in [2.75, 3.05) is 19.7 Å². The number of ether oxygens (including phenoxy) is 1. The van der Waals surface area contributed by atoms with E-state index in [-0.39, 0.29) is 12.1 Å². The minimum Gasteiger partial charge on any atom is -0.416 e. The Labute approximate surface area is 183 Å². The molecule has 30 heavy (non-hydrogen) atoms. The molecule has 0 spiro atoms. The van der Waals surface area contributed by atoms with Gasteiger partial charge in [-0.3, -0.25) is 10.3 Å². The summed E-state index contributed by atoms with van der Waals surface area (Å²) in [4.78, 5) is 14.0. The smallest absolute Gasteiger partial charge is 0.416 e. The summed E-state index contributed by atoms with van der Waals surface area (Å²) in [6, 6.07) is 12.4. The quantitative estimate of drug-likeness (QED) is 0.446. The molecule has 3 aromatic rings. The van der Waals surface area contributed by atoms with Crippen LogP contribution in [0, 0.1) is 0 Å².